The molecule has 4 nitrogen and oxygen atoms in total. The number of nitrogens with one attached hydrogen (secondary N) is 1. The minimum atomic E-state index is -0.453. The molecule has 96 valence electrons. The highest BCUT2D eigenvalue weighted by molar-refractivity contribution is 7.18. The Balaban J connectivity index is 2.45. The van der Waals surface area contributed by atoms with Gasteiger partial charge in [0.25, 0.3) is 5.56 Å². The van der Waals surface area contributed by atoms with Gasteiger partial charge in [-0.1, -0.05) is 23.7 Å². The molecular weight excluding hydrogens is 284 g/mol. The van der Waals surface area contributed by atoms with E-state index in [1.54, 1.807) is 24.3 Å². The standard InChI is InChI=1S/C13H9ClN2O2S/c1-7-3-2-4-8-11(7)15-13(18)16(12(8)17)10-6-5-9(14)19-10/h2-6H,1H3,(H,15,18). The first-order valence-electron chi connectivity index (χ1n) is 5.58. The molecule has 0 fully saturated rings. The third-order valence-corrected chi connectivity index (χ3v) is 4.14. The molecule has 0 amide bonds. The Bertz CT molecular complexity index is 892. The second-order valence-corrected chi connectivity index (χ2v) is 5.84. The highest BCUT2D eigenvalue weighted by atomic mass is 35.5. The van der Waals surface area contributed by atoms with Crippen LogP contribution < -0.4 is 11.2 Å². The Morgan fingerprint density at radius 3 is 2.68 bits per heavy atom. The highest BCUT2D eigenvalue weighted by Gasteiger charge is 2.11. The molecule has 0 atom stereocenters. The van der Waals surface area contributed by atoms with E-state index in [4.69, 9.17) is 11.6 Å². The van der Waals surface area contributed by atoms with Gasteiger partial charge in [0.1, 0.15) is 5.00 Å². The van der Waals surface area contributed by atoms with E-state index in [0.717, 1.165) is 10.1 Å². The molecule has 1 N–H and O–H groups in total. The molecule has 0 spiro atoms. The zero-order valence-corrected chi connectivity index (χ0v) is 11.5. The number of fused-ring (bicyclic) bond motifs is 1. The first kappa shape index (κ1) is 12.2. The summed E-state index contributed by atoms with van der Waals surface area (Å²) < 4.78 is 1.64. The Kier molecular flexibility index (Phi) is 2.80. The number of aromatic amines is 1. The van der Waals surface area contributed by atoms with Crippen LogP contribution in [0.15, 0.2) is 39.9 Å². The van der Waals surface area contributed by atoms with E-state index >= 15 is 0 Å². The minimum absolute atomic E-state index is 0.332. The fraction of sp³-hybridized carbons (Fsp3) is 0.0769. The van der Waals surface area contributed by atoms with Crippen LogP contribution in [0.2, 0.25) is 4.34 Å². The smallest absolute Gasteiger partial charge is 0.306 e. The molecule has 0 bridgehead atoms. The monoisotopic (exact) mass is 292 g/mol. The molecule has 19 heavy (non-hydrogen) atoms. The topological polar surface area (TPSA) is 54.9 Å². The lowest BCUT2D eigenvalue weighted by Gasteiger charge is -2.05. The van der Waals surface area contributed by atoms with Crippen molar-refractivity contribution in [2.24, 2.45) is 0 Å². The molecule has 3 aromatic rings. The van der Waals surface area contributed by atoms with Crippen molar-refractivity contribution in [3.63, 3.8) is 0 Å². The van der Waals surface area contributed by atoms with Crippen LogP contribution in [0.5, 0.6) is 0 Å². The first-order valence-corrected chi connectivity index (χ1v) is 6.78. The van der Waals surface area contributed by atoms with Crippen LogP contribution in [0, 0.1) is 6.92 Å². The van der Waals surface area contributed by atoms with Crippen LogP contribution in [-0.2, 0) is 0 Å². The van der Waals surface area contributed by atoms with Gasteiger partial charge in [-0.2, -0.15) is 0 Å². The number of H-pyrrole nitrogens is 1. The average molecular weight is 293 g/mol. The number of hydrogen-bond donors (Lipinski definition) is 1. The Morgan fingerprint density at radius 1 is 1.21 bits per heavy atom. The molecule has 0 saturated carbocycles. The normalized spacial score (nSPS) is 11.1. The first-order chi connectivity index (χ1) is 9.08. The summed E-state index contributed by atoms with van der Waals surface area (Å²) in [4.78, 5) is 27.3. The van der Waals surface area contributed by atoms with Crippen molar-refractivity contribution >= 4 is 33.8 Å². The van der Waals surface area contributed by atoms with Crippen molar-refractivity contribution in [1.29, 1.82) is 0 Å². The van der Waals surface area contributed by atoms with E-state index in [1.807, 2.05) is 13.0 Å². The molecule has 0 radical (unpaired) electrons. The predicted molar refractivity (Wildman–Crippen MR) is 77.8 cm³/mol. The van der Waals surface area contributed by atoms with Gasteiger partial charge < -0.3 is 4.98 Å². The lowest BCUT2D eigenvalue weighted by atomic mass is 10.1. The van der Waals surface area contributed by atoms with Gasteiger partial charge >= 0.3 is 5.69 Å². The van der Waals surface area contributed by atoms with Crippen LogP contribution in [0.25, 0.3) is 15.9 Å². The number of nitrogens with zero attached hydrogens (tertiary/aromatic N) is 1. The van der Waals surface area contributed by atoms with Crippen molar-refractivity contribution in [3.05, 3.63) is 61.1 Å². The van der Waals surface area contributed by atoms with Crippen molar-refractivity contribution in [2.45, 2.75) is 6.92 Å². The van der Waals surface area contributed by atoms with Gasteiger partial charge in [0.05, 0.1) is 15.2 Å². The quantitative estimate of drug-likeness (QED) is 0.750. The largest absolute Gasteiger partial charge is 0.334 e. The summed E-state index contributed by atoms with van der Waals surface area (Å²) in [5.74, 6) is 0. The molecule has 0 unspecified atom stereocenters. The molecule has 0 aliphatic heterocycles. The van der Waals surface area contributed by atoms with Gasteiger partial charge in [-0.05, 0) is 30.7 Å². The van der Waals surface area contributed by atoms with Crippen LogP contribution >= 0.6 is 22.9 Å². The number of benzene rings is 1. The summed E-state index contributed by atoms with van der Waals surface area (Å²) in [7, 11) is 0. The molecule has 3 rings (SSSR count). The zero-order chi connectivity index (χ0) is 13.6. The second kappa shape index (κ2) is 4.36. The lowest BCUT2D eigenvalue weighted by Crippen LogP contribution is -2.33. The van der Waals surface area contributed by atoms with E-state index < -0.39 is 5.69 Å². The SMILES string of the molecule is Cc1cccc2c(=O)n(-c3ccc(Cl)s3)c(=O)[nH]c12. The van der Waals surface area contributed by atoms with E-state index in [-0.39, 0.29) is 5.56 Å². The third-order valence-electron chi connectivity index (χ3n) is 2.92. The highest BCUT2D eigenvalue weighted by Crippen LogP contribution is 2.23. The van der Waals surface area contributed by atoms with Crippen molar-refractivity contribution in [3.8, 4) is 5.00 Å². The molecular formula is C13H9ClN2O2S. The fourth-order valence-corrected chi connectivity index (χ4v) is 3.04. The number of halogens is 1. The average Bonchev–Trinajstić information content (AvgIpc) is 2.77. The summed E-state index contributed by atoms with van der Waals surface area (Å²) in [6, 6.07) is 8.67. The molecule has 2 aromatic heterocycles. The number of thiophene rings is 1. The Morgan fingerprint density at radius 2 is 2.00 bits per heavy atom. The number of rotatable bonds is 1. The Labute approximate surface area is 116 Å². The summed E-state index contributed by atoms with van der Waals surface area (Å²) in [5.41, 5.74) is 0.658. The lowest BCUT2D eigenvalue weighted by molar-refractivity contribution is 0.916. The summed E-state index contributed by atoms with van der Waals surface area (Å²) in [6.07, 6.45) is 0. The molecule has 1 aromatic carbocycles. The molecule has 0 aliphatic carbocycles. The fourth-order valence-electron chi connectivity index (χ4n) is 2.01. The van der Waals surface area contributed by atoms with Crippen LogP contribution in [-0.4, -0.2) is 9.55 Å². The van der Waals surface area contributed by atoms with E-state index in [9.17, 15) is 9.59 Å². The summed E-state index contributed by atoms with van der Waals surface area (Å²) >= 11 is 7.04. The van der Waals surface area contributed by atoms with Gasteiger partial charge in [-0.25, -0.2) is 9.36 Å². The third kappa shape index (κ3) is 1.91. The second-order valence-electron chi connectivity index (χ2n) is 4.15. The van der Waals surface area contributed by atoms with Gasteiger partial charge in [0.2, 0.25) is 0 Å². The maximum atomic E-state index is 12.4. The van der Waals surface area contributed by atoms with Crippen molar-refractivity contribution in [2.75, 3.05) is 0 Å². The van der Waals surface area contributed by atoms with Crippen LogP contribution in [0.3, 0.4) is 0 Å². The van der Waals surface area contributed by atoms with E-state index in [1.165, 1.54) is 11.3 Å². The minimum Gasteiger partial charge on any atom is -0.306 e. The number of hydrogen-bond acceptors (Lipinski definition) is 3. The van der Waals surface area contributed by atoms with Gasteiger partial charge in [0.15, 0.2) is 0 Å². The predicted octanol–water partition coefficient (Wildman–Crippen LogP) is 2.70. The maximum Gasteiger partial charge on any atom is 0.334 e. The number of aryl methyl sites for hydroxylation is 1. The van der Waals surface area contributed by atoms with Crippen molar-refractivity contribution in [1.82, 2.24) is 9.55 Å². The summed E-state index contributed by atoms with van der Waals surface area (Å²) in [6.45, 7) is 1.85. The van der Waals surface area contributed by atoms with Crippen molar-refractivity contribution < 1.29 is 0 Å². The van der Waals surface area contributed by atoms with Crippen LogP contribution in [0.1, 0.15) is 5.56 Å². The van der Waals surface area contributed by atoms with Gasteiger partial charge in [0, 0.05) is 0 Å². The molecule has 0 aliphatic rings. The van der Waals surface area contributed by atoms with Gasteiger partial charge in [-0.15, -0.1) is 11.3 Å². The van der Waals surface area contributed by atoms with E-state index in [2.05, 4.69) is 4.98 Å². The number of para-hydroxylation sites is 1. The number of aromatic nitrogens is 2. The van der Waals surface area contributed by atoms with Gasteiger partial charge in [-0.3, -0.25) is 4.79 Å². The Hall–Kier alpha value is -1.85. The zero-order valence-electron chi connectivity index (χ0n) is 9.94. The maximum absolute atomic E-state index is 12.4. The molecule has 2 heterocycles. The summed E-state index contributed by atoms with van der Waals surface area (Å²) in [5, 5.41) is 1.00. The van der Waals surface area contributed by atoms with Crippen LogP contribution in [0.4, 0.5) is 0 Å². The molecule has 0 saturated heterocycles. The molecule has 6 heteroatoms. The van der Waals surface area contributed by atoms with E-state index in [0.29, 0.717) is 20.2 Å².